The Kier molecular flexibility index (Phi) is 4.16. The van der Waals surface area contributed by atoms with Crippen molar-refractivity contribution >= 4 is 22.8 Å². The number of carbonyl (C=O) groups excluding carboxylic acids is 1. The van der Waals surface area contributed by atoms with Crippen molar-refractivity contribution in [1.29, 1.82) is 0 Å². The lowest BCUT2D eigenvalue weighted by Gasteiger charge is -2.18. The SMILES string of the molecule is O=C(O)[C@@H]1CN(C(=O)Cc2coc3cc4c(cc23)CCC4)C[C@H]1C(F)(F)F. The van der Waals surface area contributed by atoms with Crippen molar-refractivity contribution in [3.05, 3.63) is 35.1 Å². The number of carbonyl (C=O) groups is 2. The number of hydrogen-bond donors (Lipinski definition) is 1. The number of alkyl halides is 3. The van der Waals surface area contributed by atoms with Gasteiger partial charge < -0.3 is 14.4 Å². The number of likely N-dealkylation sites (tertiary alicyclic amines) is 1. The highest BCUT2D eigenvalue weighted by molar-refractivity contribution is 5.89. The first-order valence-electron chi connectivity index (χ1n) is 8.83. The van der Waals surface area contributed by atoms with Crippen LogP contribution in [0.2, 0.25) is 0 Å². The summed E-state index contributed by atoms with van der Waals surface area (Å²) in [6.07, 6.45) is -0.278. The molecule has 1 aromatic heterocycles. The summed E-state index contributed by atoms with van der Waals surface area (Å²) >= 11 is 0. The first-order valence-corrected chi connectivity index (χ1v) is 8.83. The molecule has 0 saturated carbocycles. The van der Waals surface area contributed by atoms with E-state index >= 15 is 0 Å². The molecule has 1 fully saturated rings. The molecule has 27 heavy (non-hydrogen) atoms. The Labute approximate surface area is 152 Å². The summed E-state index contributed by atoms with van der Waals surface area (Å²) in [6, 6.07) is 3.95. The number of halogens is 3. The molecule has 4 rings (SSSR count). The lowest BCUT2D eigenvalue weighted by molar-refractivity contribution is -0.188. The minimum atomic E-state index is -4.65. The second kappa shape index (κ2) is 6.28. The number of aliphatic carboxylic acids is 1. The molecule has 2 aromatic rings. The maximum Gasteiger partial charge on any atom is 0.394 e. The summed E-state index contributed by atoms with van der Waals surface area (Å²) in [5, 5.41) is 9.88. The number of hydrogen-bond acceptors (Lipinski definition) is 3. The van der Waals surface area contributed by atoms with Gasteiger partial charge in [0.05, 0.1) is 24.5 Å². The number of carboxylic acid groups (broad SMARTS) is 1. The number of rotatable bonds is 3. The third kappa shape index (κ3) is 3.17. The number of fused-ring (bicyclic) bond motifs is 2. The zero-order valence-electron chi connectivity index (χ0n) is 14.4. The molecule has 2 atom stereocenters. The van der Waals surface area contributed by atoms with Crippen LogP contribution in [0.25, 0.3) is 11.0 Å². The van der Waals surface area contributed by atoms with E-state index in [1.54, 1.807) is 0 Å². The lowest BCUT2D eigenvalue weighted by Crippen LogP contribution is -2.34. The van der Waals surface area contributed by atoms with Gasteiger partial charge in [0, 0.05) is 24.0 Å². The van der Waals surface area contributed by atoms with Gasteiger partial charge in [-0.05, 0) is 42.5 Å². The molecule has 2 heterocycles. The summed E-state index contributed by atoms with van der Waals surface area (Å²) in [5.41, 5.74) is 3.72. The van der Waals surface area contributed by atoms with E-state index in [-0.39, 0.29) is 6.42 Å². The second-order valence-electron chi connectivity index (χ2n) is 7.30. The molecule has 0 unspecified atom stereocenters. The fourth-order valence-electron chi connectivity index (χ4n) is 4.15. The fourth-order valence-corrected chi connectivity index (χ4v) is 4.15. The van der Waals surface area contributed by atoms with Crippen molar-refractivity contribution in [2.75, 3.05) is 13.1 Å². The van der Waals surface area contributed by atoms with Crippen molar-refractivity contribution in [3.63, 3.8) is 0 Å². The zero-order valence-corrected chi connectivity index (χ0v) is 14.4. The van der Waals surface area contributed by atoms with Gasteiger partial charge in [0.15, 0.2) is 0 Å². The number of carboxylic acids is 1. The Hall–Kier alpha value is -2.51. The fraction of sp³-hybridized carbons (Fsp3) is 0.474. The Morgan fingerprint density at radius 1 is 1.19 bits per heavy atom. The number of nitrogens with zero attached hydrogens (tertiary/aromatic N) is 1. The maximum atomic E-state index is 13.1. The van der Waals surface area contributed by atoms with Gasteiger partial charge in [-0.25, -0.2) is 0 Å². The highest BCUT2D eigenvalue weighted by atomic mass is 19.4. The Morgan fingerprint density at radius 2 is 1.89 bits per heavy atom. The average molecular weight is 381 g/mol. The molecule has 2 aliphatic rings. The topological polar surface area (TPSA) is 70.8 Å². The van der Waals surface area contributed by atoms with Crippen LogP contribution >= 0.6 is 0 Å². The molecule has 1 aliphatic heterocycles. The van der Waals surface area contributed by atoms with E-state index in [1.807, 2.05) is 12.1 Å². The van der Waals surface area contributed by atoms with Gasteiger partial charge >= 0.3 is 12.1 Å². The van der Waals surface area contributed by atoms with Crippen LogP contribution in [0.4, 0.5) is 13.2 Å². The van der Waals surface area contributed by atoms with Crippen molar-refractivity contribution in [1.82, 2.24) is 4.90 Å². The van der Waals surface area contributed by atoms with Gasteiger partial charge in [0.1, 0.15) is 5.58 Å². The summed E-state index contributed by atoms with van der Waals surface area (Å²) in [7, 11) is 0. The second-order valence-corrected chi connectivity index (χ2v) is 7.30. The van der Waals surface area contributed by atoms with E-state index in [1.165, 1.54) is 17.4 Å². The van der Waals surface area contributed by atoms with Crippen LogP contribution in [0.15, 0.2) is 22.8 Å². The van der Waals surface area contributed by atoms with Crippen LogP contribution in [0.5, 0.6) is 0 Å². The van der Waals surface area contributed by atoms with Crippen LogP contribution in [-0.4, -0.2) is 41.1 Å². The van der Waals surface area contributed by atoms with Crippen molar-refractivity contribution in [3.8, 4) is 0 Å². The molecule has 0 radical (unpaired) electrons. The van der Waals surface area contributed by atoms with E-state index in [4.69, 9.17) is 9.52 Å². The molecule has 1 aliphatic carbocycles. The summed E-state index contributed by atoms with van der Waals surface area (Å²) < 4.78 is 44.8. The monoisotopic (exact) mass is 381 g/mol. The van der Waals surface area contributed by atoms with Crippen molar-refractivity contribution < 1.29 is 32.3 Å². The Bertz CT molecular complexity index is 918. The molecule has 1 aromatic carbocycles. The molecule has 1 saturated heterocycles. The third-order valence-corrected chi connectivity index (χ3v) is 5.62. The average Bonchev–Trinajstić information content (AvgIpc) is 3.30. The standard InChI is InChI=1S/C19H18F3NO4/c20-19(21,22)15-8-23(7-14(15)18(25)26)17(24)6-12-9-27-16-5-11-3-1-2-10(11)4-13(12)16/h4-5,9,14-15H,1-3,6-8H2,(H,25,26)/t14-,15-/m1/s1. The normalized spacial score (nSPS) is 22.4. The van der Waals surface area contributed by atoms with Crippen molar-refractivity contribution in [2.24, 2.45) is 11.8 Å². The molecule has 0 spiro atoms. The summed E-state index contributed by atoms with van der Waals surface area (Å²) in [4.78, 5) is 24.7. The minimum Gasteiger partial charge on any atom is -0.481 e. The van der Waals surface area contributed by atoms with Crippen LogP contribution in [0, 0.1) is 11.8 Å². The molecular formula is C19H18F3NO4. The predicted octanol–water partition coefficient (Wildman–Crippen LogP) is 3.19. The van der Waals surface area contributed by atoms with Crippen LogP contribution in [0.1, 0.15) is 23.1 Å². The van der Waals surface area contributed by atoms with Gasteiger partial charge in [0.2, 0.25) is 5.91 Å². The highest BCUT2D eigenvalue weighted by Crippen LogP contribution is 2.38. The van der Waals surface area contributed by atoms with E-state index in [0.29, 0.717) is 11.1 Å². The summed E-state index contributed by atoms with van der Waals surface area (Å²) in [6.45, 7) is -1.05. The van der Waals surface area contributed by atoms with Crippen LogP contribution < -0.4 is 0 Å². The number of amides is 1. The van der Waals surface area contributed by atoms with Gasteiger partial charge in [-0.2, -0.15) is 13.2 Å². The van der Waals surface area contributed by atoms with Gasteiger partial charge in [-0.1, -0.05) is 0 Å². The molecule has 1 amide bonds. The minimum absolute atomic E-state index is 0.108. The molecular weight excluding hydrogens is 363 g/mol. The first-order chi connectivity index (χ1) is 12.7. The predicted molar refractivity (Wildman–Crippen MR) is 89.2 cm³/mol. The molecule has 0 bridgehead atoms. The molecule has 5 nitrogen and oxygen atoms in total. The quantitative estimate of drug-likeness (QED) is 0.887. The van der Waals surface area contributed by atoms with Gasteiger partial charge in [-0.15, -0.1) is 0 Å². The van der Waals surface area contributed by atoms with Crippen LogP contribution in [-0.2, 0) is 28.9 Å². The lowest BCUT2D eigenvalue weighted by atomic mass is 9.96. The number of furan rings is 1. The first kappa shape index (κ1) is 17.9. The summed E-state index contributed by atoms with van der Waals surface area (Å²) in [5.74, 6) is -5.71. The smallest absolute Gasteiger partial charge is 0.394 e. The Morgan fingerprint density at radius 3 is 2.52 bits per heavy atom. The van der Waals surface area contributed by atoms with E-state index in [2.05, 4.69) is 0 Å². The number of aryl methyl sites for hydroxylation is 2. The van der Waals surface area contributed by atoms with E-state index < -0.39 is 43.0 Å². The molecule has 8 heteroatoms. The zero-order chi connectivity index (χ0) is 19.3. The third-order valence-electron chi connectivity index (χ3n) is 5.62. The van der Waals surface area contributed by atoms with Crippen molar-refractivity contribution in [2.45, 2.75) is 31.9 Å². The Balaban J connectivity index is 1.54. The number of benzene rings is 1. The molecule has 144 valence electrons. The largest absolute Gasteiger partial charge is 0.481 e. The highest BCUT2D eigenvalue weighted by Gasteiger charge is 2.53. The van der Waals surface area contributed by atoms with Crippen LogP contribution in [0.3, 0.4) is 0 Å². The maximum absolute atomic E-state index is 13.1. The van der Waals surface area contributed by atoms with Gasteiger partial charge in [-0.3, -0.25) is 9.59 Å². The van der Waals surface area contributed by atoms with E-state index in [0.717, 1.165) is 29.5 Å². The van der Waals surface area contributed by atoms with E-state index in [9.17, 15) is 22.8 Å². The molecule has 1 N–H and O–H groups in total. The van der Waals surface area contributed by atoms with Gasteiger partial charge in [0.25, 0.3) is 0 Å².